The van der Waals surface area contributed by atoms with Gasteiger partial charge < -0.3 is 5.11 Å². The molecule has 0 saturated carbocycles. The van der Waals surface area contributed by atoms with Gasteiger partial charge in [0, 0.05) is 18.6 Å². The molecule has 0 atom stereocenters. The standard InChI is InChI=1S/C24H27NO/c1-23(2,19-26)18-25-24(20-12-6-3-7-13-20,21-14-8-4-9-15-21)22-16-10-5-11-17-22/h3-17,25-26H,18-19H2,1-2H3. The molecule has 3 aromatic carbocycles. The molecule has 2 N–H and O–H groups in total. The third-order valence-electron chi connectivity index (χ3n) is 4.88. The van der Waals surface area contributed by atoms with Gasteiger partial charge in [-0.1, -0.05) is 105 Å². The fourth-order valence-corrected chi connectivity index (χ4v) is 3.30. The maximum atomic E-state index is 9.76. The van der Waals surface area contributed by atoms with Crippen LogP contribution in [0.3, 0.4) is 0 Å². The van der Waals surface area contributed by atoms with Crippen molar-refractivity contribution in [2.45, 2.75) is 19.4 Å². The van der Waals surface area contributed by atoms with Gasteiger partial charge >= 0.3 is 0 Å². The Morgan fingerprint density at radius 2 is 1.00 bits per heavy atom. The van der Waals surface area contributed by atoms with Crippen LogP contribution in [-0.2, 0) is 5.54 Å². The van der Waals surface area contributed by atoms with Gasteiger partial charge in [0.05, 0.1) is 5.54 Å². The Hall–Kier alpha value is -2.42. The molecule has 0 aromatic heterocycles. The molecule has 3 aromatic rings. The van der Waals surface area contributed by atoms with Crippen molar-refractivity contribution in [2.24, 2.45) is 5.41 Å². The predicted octanol–water partition coefficient (Wildman–Crippen LogP) is 4.59. The Balaban J connectivity index is 2.21. The van der Waals surface area contributed by atoms with E-state index in [-0.39, 0.29) is 12.0 Å². The zero-order valence-electron chi connectivity index (χ0n) is 15.5. The molecule has 0 heterocycles. The van der Waals surface area contributed by atoms with Crippen molar-refractivity contribution in [1.82, 2.24) is 5.32 Å². The number of aliphatic hydroxyl groups is 1. The van der Waals surface area contributed by atoms with E-state index in [4.69, 9.17) is 0 Å². The normalized spacial score (nSPS) is 12.1. The first kappa shape index (κ1) is 18.4. The minimum Gasteiger partial charge on any atom is -0.396 e. The number of rotatable bonds is 7. The van der Waals surface area contributed by atoms with Gasteiger partial charge in [-0.2, -0.15) is 0 Å². The first-order chi connectivity index (χ1) is 12.6. The monoisotopic (exact) mass is 345 g/mol. The first-order valence-corrected chi connectivity index (χ1v) is 9.11. The number of aliphatic hydroxyl groups excluding tert-OH is 1. The van der Waals surface area contributed by atoms with Crippen molar-refractivity contribution < 1.29 is 5.11 Å². The lowest BCUT2D eigenvalue weighted by Crippen LogP contribution is -2.48. The number of hydrogen-bond acceptors (Lipinski definition) is 2. The summed E-state index contributed by atoms with van der Waals surface area (Å²) in [5, 5.41) is 13.6. The summed E-state index contributed by atoms with van der Waals surface area (Å²) in [6, 6.07) is 31.6. The third-order valence-corrected chi connectivity index (χ3v) is 4.88. The van der Waals surface area contributed by atoms with Crippen molar-refractivity contribution in [3.05, 3.63) is 108 Å². The summed E-state index contributed by atoms with van der Waals surface area (Å²) in [7, 11) is 0. The smallest absolute Gasteiger partial charge is 0.0948 e. The highest BCUT2D eigenvalue weighted by Gasteiger charge is 2.37. The van der Waals surface area contributed by atoms with Gasteiger partial charge in [0.1, 0.15) is 0 Å². The molecule has 0 aliphatic rings. The summed E-state index contributed by atoms with van der Waals surface area (Å²) in [6.45, 7) is 4.97. The highest BCUT2D eigenvalue weighted by Crippen LogP contribution is 2.37. The van der Waals surface area contributed by atoms with Crippen LogP contribution >= 0.6 is 0 Å². The van der Waals surface area contributed by atoms with E-state index in [9.17, 15) is 5.11 Å². The highest BCUT2D eigenvalue weighted by atomic mass is 16.3. The van der Waals surface area contributed by atoms with Crippen LogP contribution in [-0.4, -0.2) is 18.3 Å². The van der Waals surface area contributed by atoms with Crippen LogP contribution in [0.1, 0.15) is 30.5 Å². The van der Waals surface area contributed by atoms with Crippen molar-refractivity contribution in [3.63, 3.8) is 0 Å². The molecule has 0 spiro atoms. The zero-order chi connectivity index (χ0) is 18.5. The van der Waals surface area contributed by atoms with Crippen molar-refractivity contribution in [3.8, 4) is 0 Å². The predicted molar refractivity (Wildman–Crippen MR) is 108 cm³/mol. The minimum absolute atomic E-state index is 0.133. The summed E-state index contributed by atoms with van der Waals surface area (Å²) in [6.07, 6.45) is 0. The van der Waals surface area contributed by atoms with Crippen LogP contribution in [0, 0.1) is 5.41 Å². The molecule has 0 aliphatic carbocycles. The summed E-state index contributed by atoms with van der Waals surface area (Å²) in [5.74, 6) is 0. The second-order valence-corrected chi connectivity index (χ2v) is 7.52. The van der Waals surface area contributed by atoms with Gasteiger partial charge in [0.25, 0.3) is 0 Å². The van der Waals surface area contributed by atoms with E-state index in [0.29, 0.717) is 6.54 Å². The van der Waals surface area contributed by atoms with Crippen LogP contribution < -0.4 is 5.32 Å². The SMILES string of the molecule is CC(C)(CO)CNC(c1ccccc1)(c1ccccc1)c1ccccc1. The van der Waals surface area contributed by atoms with E-state index in [2.05, 4.69) is 92.0 Å². The Bertz CT molecular complexity index is 701. The topological polar surface area (TPSA) is 32.3 Å². The molecule has 134 valence electrons. The van der Waals surface area contributed by atoms with Crippen LogP contribution in [0.15, 0.2) is 91.0 Å². The second kappa shape index (κ2) is 7.86. The van der Waals surface area contributed by atoms with E-state index in [0.717, 1.165) is 0 Å². The lowest BCUT2D eigenvalue weighted by molar-refractivity contribution is 0.150. The van der Waals surface area contributed by atoms with Crippen LogP contribution in [0.4, 0.5) is 0 Å². The van der Waals surface area contributed by atoms with Crippen LogP contribution in [0.5, 0.6) is 0 Å². The summed E-state index contributed by atoms with van der Waals surface area (Å²) >= 11 is 0. The zero-order valence-corrected chi connectivity index (χ0v) is 15.5. The first-order valence-electron chi connectivity index (χ1n) is 9.11. The van der Waals surface area contributed by atoms with Crippen molar-refractivity contribution >= 4 is 0 Å². The molecule has 0 radical (unpaired) electrons. The molecule has 0 amide bonds. The number of benzene rings is 3. The summed E-state index contributed by atoms with van der Waals surface area (Å²) in [5.41, 5.74) is 2.86. The molecule has 0 aliphatic heterocycles. The second-order valence-electron chi connectivity index (χ2n) is 7.52. The highest BCUT2D eigenvalue weighted by molar-refractivity contribution is 5.49. The van der Waals surface area contributed by atoms with Crippen LogP contribution in [0.2, 0.25) is 0 Å². The van der Waals surface area contributed by atoms with Crippen molar-refractivity contribution in [1.29, 1.82) is 0 Å². The molecular weight excluding hydrogens is 318 g/mol. The minimum atomic E-state index is -0.476. The van der Waals surface area contributed by atoms with Gasteiger partial charge in [0.2, 0.25) is 0 Å². The average molecular weight is 345 g/mol. The van der Waals surface area contributed by atoms with E-state index in [1.54, 1.807) is 0 Å². The molecule has 0 fully saturated rings. The summed E-state index contributed by atoms with van der Waals surface area (Å²) < 4.78 is 0. The molecule has 0 unspecified atom stereocenters. The summed E-state index contributed by atoms with van der Waals surface area (Å²) in [4.78, 5) is 0. The van der Waals surface area contributed by atoms with E-state index in [1.165, 1.54) is 16.7 Å². The Morgan fingerprint density at radius 1 is 0.654 bits per heavy atom. The number of hydrogen-bond donors (Lipinski definition) is 2. The quantitative estimate of drug-likeness (QED) is 0.614. The van der Waals surface area contributed by atoms with E-state index < -0.39 is 5.54 Å². The molecule has 0 saturated heterocycles. The molecule has 2 nitrogen and oxygen atoms in total. The Morgan fingerprint density at radius 3 is 1.31 bits per heavy atom. The maximum Gasteiger partial charge on any atom is 0.0948 e. The lowest BCUT2D eigenvalue weighted by Gasteiger charge is -2.39. The van der Waals surface area contributed by atoms with Crippen molar-refractivity contribution in [2.75, 3.05) is 13.2 Å². The van der Waals surface area contributed by atoms with Gasteiger partial charge in [0.15, 0.2) is 0 Å². The molecule has 26 heavy (non-hydrogen) atoms. The molecule has 0 bridgehead atoms. The fraction of sp³-hybridized carbons (Fsp3) is 0.250. The maximum absolute atomic E-state index is 9.76. The van der Waals surface area contributed by atoms with Gasteiger partial charge in [-0.05, 0) is 16.7 Å². The van der Waals surface area contributed by atoms with E-state index >= 15 is 0 Å². The molecule has 3 rings (SSSR count). The Labute approximate surface area is 156 Å². The lowest BCUT2D eigenvalue weighted by atomic mass is 9.76. The Kier molecular flexibility index (Phi) is 5.55. The molecule has 2 heteroatoms. The van der Waals surface area contributed by atoms with Gasteiger partial charge in [-0.15, -0.1) is 0 Å². The third kappa shape index (κ3) is 3.72. The van der Waals surface area contributed by atoms with Crippen LogP contribution in [0.25, 0.3) is 0 Å². The largest absolute Gasteiger partial charge is 0.396 e. The average Bonchev–Trinajstić information content (AvgIpc) is 2.71. The van der Waals surface area contributed by atoms with Gasteiger partial charge in [-0.3, -0.25) is 5.32 Å². The fourth-order valence-electron chi connectivity index (χ4n) is 3.30. The van der Waals surface area contributed by atoms with Gasteiger partial charge in [-0.25, -0.2) is 0 Å². The number of nitrogens with one attached hydrogen (secondary N) is 1. The molecular formula is C24H27NO. The van der Waals surface area contributed by atoms with E-state index in [1.807, 2.05) is 18.2 Å².